The molecule has 0 radical (unpaired) electrons. The number of rotatable bonds is 6. The van der Waals surface area contributed by atoms with E-state index in [4.69, 9.17) is 4.74 Å². The first-order valence-corrected chi connectivity index (χ1v) is 12.3. The fourth-order valence-corrected chi connectivity index (χ4v) is 5.27. The smallest absolute Gasteiger partial charge is 0.252 e. The highest BCUT2D eigenvalue weighted by Gasteiger charge is 2.28. The van der Waals surface area contributed by atoms with E-state index in [0.29, 0.717) is 17.8 Å². The molecule has 2 heterocycles. The van der Waals surface area contributed by atoms with Crippen molar-refractivity contribution in [2.75, 3.05) is 12.4 Å². The van der Waals surface area contributed by atoms with Gasteiger partial charge in [0.2, 0.25) is 0 Å². The van der Waals surface area contributed by atoms with Gasteiger partial charge < -0.3 is 15.4 Å². The van der Waals surface area contributed by atoms with Crippen LogP contribution >= 0.6 is 11.8 Å². The summed E-state index contributed by atoms with van der Waals surface area (Å²) in [6, 6.07) is 17.3. The Labute approximate surface area is 208 Å². The van der Waals surface area contributed by atoms with Gasteiger partial charge in [0, 0.05) is 46.1 Å². The monoisotopic (exact) mass is 483 g/mol. The van der Waals surface area contributed by atoms with Crippen LogP contribution in [0, 0.1) is 0 Å². The van der Waals surface area contributed by atoms with Crippen LogP contribution in [0.25, 0.3) is 0 Å². The molecule has 176 valence electrons. The average Bonchev–Trinajstić information content (AvgIpc) is 3.03. The number of fused-ring (bicyclic) bond motifs is 2. The molecule has 0 bridgehead atoms. The molecule has 2 aromatic carbocycles. The van der Waals surface area contributed by atoms with E-state index in [1.54, 1.807) is 37.2 Å². The Kier molecular flexibility index (Phi) is 6.68. The van der Waals surface area contributed by atoms with Crippen molar-refractivity contribution in [3.05, 3.63) is 107 Å². The number of ether oxygens (including phenoxy) is 1. The number of pyridine rings is 1. The molecule has 2 amide bonds. The van der Waals surface area contributed by atoms with E-state index in [1.165, 1.54) is 0 Å². The highest BCUT2D eigenvalue weighted by atomic mass is 32.2. The van der Waals surface area contributed by atoms with Crippen LogP contribution in [-0.2, 0) is 17.8 Å². The molecule has 2 N–H and O–H groups in total. The van der Waals surface area contributed by atoms with Gasteiger partial charge in [-0.1, -0.05) is 36.4 Å². The Balaban J connectivity index is 1.20. The summed E-state index contributed by atoms with van der Waals surface area (Å²) in [6.45, 7) is 0.369. The van der Waals surface area contributed by atoms with E-state index >= 15 is 0 Å². The van der Waals surface area contributed by atoms with Gasteiger partial charge in [-0.05, 0) is 53.9 Å². The summed E-state index contributed by atoms with van der Waals surface area (Å²) < 4.78 is 5.20. The Hall–Kier alpha value is -3.84. The third-order valence-electron chi connectivity index (χ3n) is 6.01. The normalized spacial score (nSPS) is 16.3. The number of hydrogen-bond donors (Lipinski definition) is 2. The van der Waals surface area contributed by atoms with Gasteiger partial charge in [-0.3, -0.25) is 14.6 Å². The van der Waals surface area contributed by atoms with Gasteiger partial charge in [0.1, 0.15) is 5.75 Å². The number of carbonyl (C=O) groups excluding carboxylic acids is 2. The maximum Gasteiger partial charge on any atom is 0.252 e. The highest BCUT2D eigenvalue weighted by Crippen LogP contribution is 2.40. The SMILES string of the molecule is COc1ccc(Cc2ccc(CNC(=O)c3ccc4c(c3)NC(=O)C3=CC=CCC3S4)cn2)cc1. The largest absolute Gasteiger partial charge is 0.497 e. The number of carbonyl (C=O) groups is 2. The van der Waals surface area contributed by atoms with E-state index in [9.17, 15) is 9.59 Å². The van der Waals surface area contributed by atoms with Gasteiger partial charge >= 0.3 is 0 Å². The lowest BCUT2D eigenvalue weighted by Crippen LogP contribution is -2.23. The number of aromatic nitrogens is 1. The zero-order valence-electron chi connectivity index (χ0n) is 19.3. The first-order chi connectivity index (χ1) is 17.1. The Morgan fingerprint density at radius 1 is 1.14 bits per heavy atom. The molecule has 1 unspecified atom stereocenters. The number of nitrogens with zero attached hydrogens (tertiary/aromatic N) is 1. The molecule has 1 atom stereocenters. The van der Waals surface area contributed by atoms with Gasteiger partial charge in [0.05, 0.1) is 12.8 Å². The van der Waals surface area contributed by atoms with Gasteiger partial charge in [-0.2, -0.15) is 0 Å². The van der Waals surface area contributed by atoms with Crippen molar-refractivity contribution in [1.82, 2.24) is 10.3 Å². The predicted octanol–water partition coefficient (Wildman–Crippen LogP) is 4.91. The van der Waals surface area contributed by atoms with Gasteiger partial charge in [-0.15, -0.1) is 11.8 Å². The Morgan fingerprint density at radius 3 is 2.74 bits per heavy atom. The van der Waals surface area contributed by atoms with Crippen molar-refractivity contribution in [3.63, 3.8) is 0 Å². The second-order valence-electron chi connectivity index (χ2n) is 8.42. The number of hydrogen-bond acceptors (Lipinski definition) is 5. The number of nitrogens with one attached hydrogen (secondary N) is 2. The fraction of sp³-hybridized carbons (Fsp3) is 0.179. The number of allylic oxidation sites excluding steroid dienone is 3. The highest BCUT2D eigenvalue weighted by molar-refractivity contribution is 8.00. The first-order valence-electron chi connectivity index (χ1n) is 11.4. The molecule has 0 fully saturated rings. The molecule has 1 aromatic heterocycles. The number of anilines is 1. The lowest BCUT2D eigenvalue weighted by atomic mass is 10.0. The molecule has 6 nitrogen and oxygen atoms in total. The third-order valence-corrected chi connectivity index (χ3v) is 7.35. The van der Waals surface area contributed by atoms with Crippen molar-refractivity contribution >= 4 is 29.3 Å². The maximum absolute atomic E-state index is 12.8. The van der Waals surface area contributed by atoms with Crippen molar-refractivity contribution in [3.8, 4) is 5.75 Å². The predicted molar refractivity (Wildman–Crippen MR) is 138 cm³/mol. The van der Waals surface area contributed by atoms with E-state index < -0.39 is 0 Å². The third kappa shape index (κ3) is 5.30. The molecule has 0 saturated heterocycles. The zero-order valence-corrected chi connectivity index (χ0v) is 20.1. The molecule has 0 saturated carbocycles. The fourth-order valence-electron chi connectivity index (χ4n) is 4.06. The maximum atomic E-state index is 12.8. The van der Waals surface area contributed by atoms with E-state index in [1.807, 2.05) is 54.6 Å². The molecular formula is C28H25N3O3S. The van der Waals surface area contributed by atoms with Crippen LogP contribution in [0.1, 0.15) is 33.6 Å². The molecule has 1 aliphatic heterocycles. The molecule has 5 rings (SSSR count). The van der Waals surface area contributed by atoms with Crippen LogP contribution < -0.4 is 15.4 Å². The van der Waals surface area contributed by atoms with Crippen molar-refractivity contribution in [1.29, 1.82) is 0 Å². The molecule has 2 aliphatic rings. The van der Waals surface area contributed by atoms with E-state index in [2.05, 4.69) is 21.7 Å². The van der Waals surface area contributed by atoms with Crippen LogP contribution in [0.4, 0.5) is 5.69 Å². The minimum absolute atomic E-state index is 0.0983. The Bertz CT molecular complexity index is 1310. The minimum Gasteiger partial charge on any atom is -0.497 e. The van der Waals surface area contributed by atoms with Gasteiger partial charge in [-0.25, -0.2) is 0 Å². The molecule has 3 aromatic rings. The summed E-state index contributed by atoms with van der Waals surface area (Å²) in [6.07, 6.45) is 9.19. The van der Waals surface area contributed by atoms with Crippen molar-refractivity contribution in [2.45, 2.75) is 29.5 Å². The standard InChI is InChI=1S/C28H25N3O3S/c1-34-22-11-7-18(8-12-22)14-21-10-6-19(16-29-21)17-30-27(32)20-9-13-26-24(15-20)31-28(33)23-4-2-3-5-25(23)35-26/h2-4,6-13,15-16,25H,5,14,17H2,1H3,(H,30,32)(H,31,33). The van der Waals surface area contributed by atoms with E-state index in [-0.39, 0.29) is 17.1 Å². The minimum atomic E-state index is -0.197. The zero-order chi connectivity index (χ0) is 24.2. The Morgan fingerprint density at radius 2 is 1.97 bits per heavy atom. The molecule has 1 aliphatic carbocycles. The van der Waals surface area contributed by atoms with Crippen molar-refractivity contribution in [2.24, 2.45) is 0 Å². The number of methoxy groups -OCH3 is 1. The lowest BCUT2D eigenvalue weighted by Gasteiger charge is -2.16. The second-order valence-corrected chi connectivity index (χ2v) is 9.67. The van der Waals surface area contributed by atoms with Gasteiger partial charge in [0.15, 0.2) is 0 Å². The van der Waals surface area contributed by atoms with Crippen molar-refractivity contribution < 1.29 is 14.3 Å². The summed E-state index contributed by atoms with van der Waals surface area (Å²) in [5, 5.41) is 6.01. The lowest BCUT2D eigenvalue weighted by molar-refractivity contribution is -0.112. The summed E-state index contributed by atoms with van der Waals surface area (Å²) in [4.78, 5) is 30.9. The van der Waals surface area contributed by atoms with E-state index in [0.717, 1.165) is 45.9 Å². The van der Waals surface area contributed by atoms with Gasteiger partial charge in [0.25, 0.3) is 11.8 Å². The van der Waals surface area contributed by atoms with Crippen LogP contribution in [0.15, 0.2) is 89.5 Å². The van der Waals surface area contributed by atoms with Crippen LogP contribution in [0.2, 0.25) is 0 Å². The van der Waals surface area contributed by atoms with Crippen LogP contribution in [0.5, 0.6) is 5.75 Å². The summed E-state index contributed by atoms with van der Waals surface area (Å²) in [5.74, 6) is 0.525. The molecule has 35 heavy (non-hydrogen) atoms. The topological polar surface area (TPSA) is 80.3 Å². The summed E-state index contributed by atoms with van der Waals surface area (Å²) in [5.41, 5.74) is 4.97. The summed E-state index contributed by atoms with van der Waals surface area (Å²) in [7, 11) is 1.65. The number of amides is 2. The quantitative estimate of drug-likeness (QED) is 0.521. The summed E-state index contributed by atoms with van der Waals surface area (Å²) >= 11 is 1.65. The molecular weight excluding hydrogens is 458 g/mol. The number of thioether (sulfide) groups is 1. The molecule has 0 spiro atoms. The number of benzene rings is 2. The second kappa shape index (κ2) is 10.2. The van der Waals surface area contributed by atoms with Crippen LogP contribution in [0.3, 0.4) is 0 Å². The van der Waals surface area contributed by atoms with Crippen LogP contribution in [-0.4, -0.2) is 29.2 Å². The average molecular weight is 484 g/mol. The molecule has 7 heteroatoms. The first kappa shape index (κ1) is 22.9.